The molecular weight excluding hydrogens is 556 g/mol. The summed E-state index contributed by atoms with van der Waals surface area (Å²) in [7, 11) is 0. The van der Waals surface area contributed by atoms with Crippen molar-refractivity contribution in [3.63, 3.8) is 0 Å². The van der Waals surface area contributed by atoms with Crippen LogP contribution in [0.1, 0.15) is 179 Å². The van der Waals surface area contributed by atoms with E-state index in [0.717, 1.165) is 83.5 Å². The summed E-state index contributed by atoms with van der Waals surface area (Å²) in [5.74, 6) is -1.12. The number of ether oxygens (including phenoxy) is 4. The maximum atomic E-state index is 12.6. The second-order valence-corrected chi connectivity index (χ2v) is 12.1. The van der Waals surface area contributed by atoms with Crippen LogP contribution >= 0.6 is 0 Å². The normalized spacial score (nSPS) is 11.1. The van der Waals surface area contributed by atoms with E-state index in [1.54, 1.807) is 0 Å². The smallest absolute Gasteiger partial charge is 0.343 e. The molecule has 0 radical (unpaired) electrons. The first-order valence-electron chi connectivity index (χ1n) is 18.2. The zero-order chi connectivity index (χ0) is 32.3. The van der Waals surface area contributed by atoms with Gasteiger partial charge in [-0.2, -0.15) is 0 Å². The van der Waals surface area contributed by atoms with Crippen LogP contribution in [-0.2, 0) is 0 Å². The summed E-state index contributed by atoms with van der Waals surface area (Å²) >= 11 is 0. The zero-order valence-electron chi connectivity index (χ0n) is 28.8. The Labute approximate surface area is 269 Å². The first-order valence-corrected chi connectivity index (χ1v) is 18.2. The Morgan fingerprint density at radius 3 is 1.07 bits per heavy atom. The summed E-state index contributed by atoms with van der Waals surface area (Å²) < 4.78 is 24.9. The lowest BCUT2D eigenvalue weighted by Crippen LogP contribution is -2.13. The number of hydrogen-bond acceptors (Lipinski definition) is 6. The summed E-state index contributed by atoms with van der Waals surface area (Å²) in [6.45, 7) is 10.3. The molecule has 1 aromatic carbocycles. The van der Waals surface area contributed by atoms with Crippen LogP contribution in [0.15, 0.2) is 0 Å². The molecule has 0 aliphatic carbocycles. The molecule has 44 heavy (non-hydrogen) atoms. The Hall–Kier alpha value is -2.31. The molecule has 0 amide bonds. The van der Waals surface area contributed by atoms with Crippen molar-refractivity contribution in [2.75, 3.05) is 26.4 Å². The van der Waals surface area contributed by atoms with Gasteiger partial charge in [-0.3, -0.25) is 0 Å². The number of unbranched alkanes of at least 4 members (excludes halogenated alkanes) is 18. The maximum Gasteiger partial charge on any atom is 0.343 e. The Bertz CT molecular complexity index is 855. The molecule has 2 N–H and O–H groups in total. The molecular formula is C37H66O7. The SMILES string of the molecule is CCCCCCCCOc1c(OCCCCCC)c(O)c(C(=O)O)c(OCCCCCCCC)c1OCCCCCCCC. The van der Waals surface area contributed by atoms with Gasteiger partial charge in [-0.15, -0.1) is 0 Å². The number of hydrogen-bond donors (Lipinski definition) is 2. The van der Waals surface area contributed by atoms with Gasteiger partial charge >= 0.3 is 5.97 Å². The van der Waals surface area contributed by atoms with Crippen LogP contribution in [0.2, 0.25) is 0 Å². The molecule has 7 heteroatoms. The van der Waals surface area contributed by atoms with E-state index >= 15 is 0 Å². The molecule has 0 bridgehead atoms. The second kappa shape index (κ2) is 27.0. The molecule has 1 rings (SSSR count). The minimum atomic E-state index is -1.27. The van der Waals surface area contributed by atoms with E-state index < -0.39 is 11.7 Å². The van der Waals surface area contributed by atoms with Gasteiger partial charge in [0.25, 0.3) is 0 Å². The number of carboxylic acid groups (broad SMARTS) is 1. The van der Waals surface area contributed by atoms with Gasteiger partial charge in [0.15, 0.2) is 17.1 Å². The Balaban J connectivity index is 3.30. The van der Waals surface area contributed by atoms with Crippen molar-refractivity contribution < 1.29 is 34.0 Å². The number of carbonyl (C=O) groups is 1. The van der Waals surface area contributed by atoms with Gasteiger partial charge in [-0.25, -0.2) is 4.79 Å². The van der Waals surface area contributed by atoms with Crippen molar-refractivity contribution in [3.05, 3.63) is 5.56 Å². The third kappa shape index (κ3) is 16.7. The number of rotatable bonds is 31. The summed E-state index contributed by atoms with van der Waals surface area (Å²) in [5, 5.41) is 21.6. The van der Waals surface area contributed by atoms with Crippen molar-refractivity contribution >= 4 is 5.97 Å². The summed E-state index contributed by atoms with van der Waals surface area (Å²) in [4.78, 5) is 12.6. The van der Waals surface area contributed by atoms with Crippen LogP contribution < -0.4 is 18.9 Å². The van der Waals surface area contributed by atoms with Crippen molar-refractivity contribution in [2.24, 2.45) is 0 Å². The fourth-order valence-corrected chi connectivity index (χ4v) is 5.25. The molecule has 1 aromatic rings. The monoisotopic (exact) mass is 622 g/mol. The highest BCUT2D eigenvalue weighted by Gasteiger charge is 2.32. The van der Waals surface area contributed by atoms with Crippen LogP contribution in [0.3, 0.4) is 0 Å². The van der Waals surface area contributed by atoms with Crippen molar-refractivity contribution in [1.29, 1.82) is 0 Å². The predicted octanol–water partition coefficient (Wildman–Crippen LogP) is 11.3. The van der Waals surface area contributed by atoms with Crippen LogP contribution in [0, 0.1) is 0 Å². The number of benzene rings is 1. The molecule has 0 saturated heterocycles. The van der Waals surface area contributed by atoms with Crippen LogP contribution in [0.5, 0.6) is 28.7 Å². The van der Waals surface area contributed by atoms with Gasteiger partial charge in [0, 0.05) is 0 Å². The van der Waals surface area contributed by atoms with E-state index in [-0.39, 0.29) is 28.6 Å². The lowest BCUT2D eigenvalue weighted by atomic mass is 10.1. The van der Waals surface area contributed by atoms with Crippen LogP contribution in [-0.4, -0.2) is 42.6 Å². The summed E-state index contributed by atoms with van der Waals surface area (Å²) in [5.41, 5.74) is -0.315. The molecule has 256 valence electrons. The summed E-state index contributed by atoms with van der Waals surface area (Å²) in [6, 6.07) is 0. The van der Waals surface area contributed by atoms with Gasteiger partial charge in [0.2, 0.25) is 17.2 Å². The average molecular weight is 623 g/mol. The molecule has 0 fully saturated rings. The molecule has 0 heterocycles. The molecule has 0 atom stereocenters. The maximum absolute atomic E-state index is 12.6. The lowest BCUT2D eigenvalue weighted by Gasteiger charge is -2.23. The van der Waals surface area contributed by atoms with Crippen LogP contribution in [0.25, 0.3) is 0 Å². The van der Waals surface area contributed by atoms with Gasteiger partial charge in [-0.1, -0.05) is 143 Å². The number of phenols is 1. The van der Waals surface area contributed by atoms with Gasteiger partial charge in [0.05, 0.1) is 26.4 Å². The molecule has 0 aliphatic heterocycles. The minimum Gasteiger partial charge on any atom is -0.503 e. The molecule has 0 saturated carbocycles. The molecule has 0 aliphatic rings. The lowest BCUT2D eigenvalue weighted by molar-refractivity contribution is 0.0685. The predicted molar refractivity (Wildman–Crippen MR) is 181 cm³/mol. The Kier molecular flexibility index (Phi) is 24.4. The van der Waals surface area contributed by atoms with E-state index in [0.29, 0.717) is 26.4 Å². The van der Waals surface area contributed by atoms with Crippen LogP contribution in [0.4, 0.5) is 0 Å². The average Bonchev–Trinajstić information content (AvgIpc) is 3.01. The number of aromatic hydroxyl groups is 1. The second-order valence-electron chi connectivity index (χ2n) is 12.1. The molecule has 0 unspecified atom stereocenters. The van der Waals surface area contributed by atoms with Gasteiger partial charge in [-0.05, 0) is 25.7 Å². The highest BCUT2D eigenvalue weighted by Crippen LogP contribution is 2.53. The van der Waals surface area contributed by atoms with E-state index in [4.69, 9.17) is 18.9 Å². The van der Waals surface area contributed by atoms with Crippen molar-refractivity contribution in [2.45, 2.75) is 169 Å². The van der Waals surface area contributed by atoms with Gasteiger partial charge in [0.1, 0.15) is 0 Å². The fourth-order valence-electron chi connectivity index (χ4n) is 5.25. The number of aromatic carboxylic acids is 1. The van der Waals surface area contributed by atoms with E-state index in [1.165, 1.54) is 57.8 Å². The van der Waals surface area contributed by atoms with Crippen molar-refractivity contribution in [1.82, 2.24) is 0 Å². The Morgan fingerprint density at radius 2 is 0.705 bits per heavy atom. The largest absolute Gasteiger partial charge is 0.503 e. The zero-order valence-corrected chi connectivity index (χ0v) is 28.8. The highest BCUT2D eigenvalue weighted by molar-refractivity contribution is 5.97. The van der Waals surface area contributed by atoms with Crippen molar-refractivity contribution in [3.8, 4) is 28.7 Å². The topological polar surface area (TPSA) is 94.5 Å². The quantitative estimate of drug-likeness (QED) is 0.0795. The minimum absolute atomic E-state index is 0.0471. The molecule has 7 nitrogen and oxygen atoms in total. The van der Waals surface area contributed by atoms with E-state index in [2.05, 4.69) is 27.7 Å². The first kappa shape index (κ1) is 39.7. The van der Waals surface area contributed by atoms with E-state index in [9.17, 15) is 15.0 Å². The molecule has 0 spiro atoms. The highest BCUT2D eigenvalue weighted by atomic mass is 16.6. The first-order chi connectivity index (χ1) is 21.5. The third-order valence-corrected chi connectivity index (χ3v) is 7.99. The standard InChI is InChI=1S/C37H66O7/c1-5-9-13-17-20-24-27-41-33-31(37(39)40)32(38)34(42-28-23-16-12-8-4)36(44-30-26-22-19-15-11-7-3)35(33)43-29-25-21-18-14-10-6-2/h38H,5-30H2,1-4H3,(H,39,40). The molecule has 0 aromatic heterocycles. The van der Waals surface area contributed by atoms with Gasteiger partial charge < -0.3 is 29.2 Å². The Morgan fingerprint density at radius 1 is 0.432 bits per heavy atom. The summed E-state index contributed by atoms with van der Waals surface area (Å²) in [6.07, 6.45) is 23.8. The fraction of sp³-hybridized carbons (Fsp3) is 0.811. The van der Waals surface area contributed by atoms with E-state index in [1.807, 2.05) is 0 Å². The number of carboxylic acids is 1. The third-order valence-electron chi connectivity index (χ3n) is 7.99.